The summed E-state index contributed by atoms with van der Waals surface area (Å²) in [5, 5.41) is 20.1. The average Bonchev–Trinajstić information content (AvgIpc) is 3.46. The van der Waals surface area contributed by atoms with Gasteiger partial charge in [0.05, 0.1) is 29.8 Å². The van der Waals surface area contributed by atoms with Crippen LogP contribution >= 0.6 is 0 Å². The molecule has 8 N–H and O–H groups in total. The number of nitrogens with zero attached hydrogens (tertiary/aromatic N) is 4. The van der Waals surface area contributed by atoms with Gasteiger partial charge in [-0.2, -0.15) is 13.2 Å². The molecule has 16 heteroatoms. The van der Waals surface area contributed by atoms with Crippen molar-refractivity contribution in [3.63, 3.8) is 0 Å². The van der Waals surface area contributed by atoms with E-state index in [0.717, 1.165) is 30.5 Å². The summed E-state index contributed by atoms with van der Waals surface area (Å²) in [4.78, 5) is 40.1. The van der Waals surface area contributed by atoms with Crippen LogP contribution in [0.3, 0.4) is 0 Å². The van der Waals surface area contributed by atoms with Crippen LogP contribution in [0.15, 0.2) is 46.5 Å². The lowest BCUT2D eigenvalue weighted by Gasteiger charge is -2.46. The van der Waals surface area contributed by atoms with E-state index in [1.807, 2.05) is 6.07 Å². The molecule has 5 atom stereocenters. The molecule has 6 rings (SSSR count). The minimum absolute atomic E-state index is 0.00666. The highest BCUT2D eigenvalue weighted by atomic mass is 19.4. The lowest BCUT2D eigenvalue weighted by Crippen LogP contribution is -2.73. The number of amides is 2. The Morgan fingerprint density at radius 3 is 2.74 bits per heavy atom. The fourth-order valence-corrected chi connectivity index (χ4v) is 6.00. The summed E-state index contributed by atoms with van der Waals surface area (Å²) < 4.78 is 44.3. The van der Waals surface area contributed by atoms with Crippen LogP contribution in [0, 0.1) is 0 Å². The SMILES string of the molecule is NC1=N[C@H]2[C@H](CNC(=O)c3ccc(C(F)(F)F)cn3)N=C(N)N3CC(NC(=O)c4cccc5c4OCCC5)[C@@H](O)[C@]23N1. The number of benzene rings is 1. The van der Waals surface area contributed by atoms with Crippen molar-refractivity contribution in [1.29, 1.82) is 0 Å². The number of aliphatic hydroxyl groups is 1. The number of ether oxygens (including phenoxy) is 1. The predicted molar refractivity (Wildman–Crippen MR) is 142 cm³/mol. The van der Waals surface area contributed by atoms with Crippen LogP contribution in [0.4, 0.5) is 13.2 Å². The van der Waals surface area contributed by atoms with E-state index in [0.29, 0.717) is 24.1 Å². The summed E-state index contributed by atoms with van der Waals surface area (Å²) in [6.07, 6.45) is -3.63. The number of hydrogen-bond donors (Lipinski definition) is 6. The molecule has 1 aromatic heterocycles. The highest BCUT2D eigenvalue weighted by Crippen LogP contribution is 2.40. The van der Waals surface area contributed by atoms with Gasteiger partial charge in [0.1, 0.15) is 23.6 Å². The summed E-state index contributed by atoms with van der Waals surface area (Å²) in [7, 11) is 0. The number of halogens is 3. The molecule has 4 aliphatic rings. The first-order valence-electron chi connectivity index (χ1n) is 13.3. The van der Waals surface area contributed by atoms with Crippen LogP contribution in [0.5, 0.6) is 5.75 Å². The van der Waals surface area contributed by atoms with Crippen LogP contribution in [0.25, 0.3) is 0 Å². The predicted octanol–water partition coefficient (Wildman–Crippen LogP) is -0.690. The molecular formula is C26H28F3N9O4. The maximum absolute atomic E-state index is 13.3. The van der Waals surface area contributed by atoms with Gasteiger partial charge in [0.25, 0.3) is 11.8 Å². The number of aliphatic imine (C=N–C) groups is 2. The number of carbonyl (C=O) groups excluding carboxylic acids is 2. The van der Waals surface area contributed by atoms with E-state index < -0.39 is 53.4 Å². The Morgan fingerprint density at radius 1 is 1.19 bits per heavy atom. The smallest absolute Gasteiger partial charge is 0.417 e. The van der Waals surface area contributed by atoms with Gasteiger partial charge in [0.15, 0.2) is 17.6 Å². The Bertz CT molecular complexity index is 1480. The van der Waals surface area contributed by atoms with Crippen molar-refractivity contribution in [3.8, 4) is 5.75 Å². The third-order valence-electron chi connectivity index (χ3n) is 7.94. The summed E-state index contributed by atoms with van der Waals surface area (Å²) in [5.41, 5.74) is 11.1. The molecule has 42 heavy (non-hydrogen) atoms. The van der Waals surface area contributed by atoms with Crippen molar-refractivity contribution < 1.29 is 32.6 Å². The van der Waals surface area contributed by atoms with Crippen LogP contribution in [-0.2, 0) is 12.6 Å². The Kier molecular flexibility index (Phi) is 6.59. The Labute approximate surface area is 237 Å². The van der Waals surface area contributed by atoms with Gasteiger partial charge < -0.3 is 42.2 Å². The molecule has 1 unspecified atom stereocenters. The number of aliphatic hydroxyl groups excluding tert-OH is 1. The fraction of sp³-hybridized carbons (Fsp3) is 0.423. The van der Waals surface area contributed by atoms with Crippen LogP contribution in [-0.4, -0.2) is 88.3 Å². The molecule has 13 nitrogen and oxygen atoms in total. The van der Waals surface area contributed by atoms with Gasteiger partial charge in [-0.1, -0.05) is 12.1 Å². The molecule has 1 saturated heterocycles. The van der Waals surface area contributed by atoms with Crippen molar-refractivity contribution in [2.75, 3.05) is 19.7 Å². The van der Waals surface area contributed by atoms with Crippen molar-refractivity contribution in [2.45, 2.75) is 48.9 Å². The van der Waals surface area contributed by atoms with Crippen LogP contribution < -0.4 is 32.2 Å². The van der Waals surface area contributed by atoms with Gasteiger partial charge in [-0.15, -0.1) is 0 Å². The number of carbonyl (C=O) groups is 2. The maximum Gasteiger partial charge on any atom is 0.417 e. The first-order valence-corrected chi connectivity index (χ1v) is 13.3. The number of fused-ring (bicyclic) bond motifs is 1. The van der Waals surface area contributed by atoms with Crippen molar-refractivity contribution in [2.24, 2.45) is 21.5 Å². The summed E-state index contributed by atoms with van der Waals surface area (Å²) in [6, 6.07) is 4.61. The minimum Gasteiger partial charge on any atom is -0.492 e. The first kappa shape index (κ1) is 27.6. The summed E-state index contributed by atoms with van der Waals surface area (Å²) >= 11 is 0. The number of alkyl halides is 3. The second kappa shape index (κ2) is 10.0. The zero-order valence-electron chi connectivity index (χ0n) is 22.1. The second-order valence-corrected chi connectivity index (χ2v) is 10.5. The normalized spacial score (nSPS) is 27.9. The third-order valence-corrected chi connectivity index (χ3v) is 7.94. The number of hydrogen-bond acceptors (Lipinski definition) is 11. The van der Waals surface area contributed by atoms with Crippen LogP contribution in [0.2, 0.25) is 0 Å². The number of para-hydroxylation sites is 1. The van der Waals surface area contributed by atoms with E-state index in [-0.39, 0.29) is 30.7 Å². The van der Waals surface area contributed by atoms with E-state index in [1.54, 1.807) is 17.0 Å². The molecule has 1 fully saturated rings. The Morgan fingerprint density at radius 2 is 2.00 bits per heavy atom. The quantitative estimate of drug-likeness (QED) is 0.263. The minimum atomic E-state index is -4.59. The first-order chi connectivity index (χ1) is 20.0. The molecule has 2 aromatic rings. The van der Waals surface area contributed by atoms with Gasteiger partial charge in [-0.05, 0) is 36.6 Å². The fourth-order valence-electron chi connectivity index (χ4n) is 6.00. The molecule has 1 aromatic carbocycles. The highest BCUT2D eigenvalue weighted by Gasteiger charge is 2.65. The third kappa shape index (κ3) is 4.51. The van der Waals surface area contributed by atoms with Gasteiger partial charge in [-0.3, -0.25) is 14.6 Å². The van der Waals surface area contributed by atoms with E-state index >= 15 is 0 Å². The zero-order valence-corrected chi connectivity index (χ0v) is 22.1. The molecule has 5 heterocycles. The molecule has 1 spiro atoms. The maximum atomic E-state index is 13.3. The summed E-state index contributed by atoms with van der Waals surface area (Å²) in [6.45, 7) is 0.444. The Hall–Kier alpha value is -4.60. The average molecular weight is 588 g/mol. The molecule has 0 saturated carbocycles. The number of aromatic nitrogens is 1. The lowest BCUT2D eigenvalue weighted by molar-refractivity contribution is -0.137. The van der Waals surface area contributed by atoms with E-state index in [2.05, 4.69) is 30.9 Å². The second-order valence-electron chi connectivity index (χ2n) is 10.5. The number of aryl methyl sites for hydroxylation is 1. The summed E-state index contributed by atoms with van der Waals surface area (Å²) in [5.74, 6) is -0.615. The number of nitrogens with one attached hydrogen (secondary N) is 3. The largest absolute Gasteiger partial charge is 0.492 e. The van der Waals surface area contributed by atoms with Gasteiger partial charge in [0, 0.05) is 19.3 Å². The van der Waals surface area contributed by atoms with E-state index in [1.165, 1.54) is 0 Å². The number of pyridine rings is 1. The number of guanidine groups is 2. The lowest BCUT2D eigenvalue weighted by atomic mass is 9.87. The van der Waals surface area contributed by atoms with Gasteiger partial charge in [0.2, 0.25) is 0 Å². The molecule has 0 aliphatic carbocycles. The topological polar surface area (TPSA) is 193 Å². The van der Waals surface area contributed by atoms with Gasteiger partial charge in [-0.25, -0.2) is 9.98 Å². The van der Waals surface area contributed by atoms with Gasteiger partial charge >= 0.3 is 6.18 Å². The number of rotatable bonds is 5. The van der Waals surface area contributed by atoms with Crippen molar-refractivity contribution in [3.05, 3.63) is 58.9 Å². The molecule has 222 valence electrons. The van der Waals surface area contributed by atoms with E-state index in [4.69, 9.17) is 16.2 Å². The van der Waals surface area contributed by atoms with E-state index in [9.17, 15) is 27.9 Å². The molecule has 4 aliphatic heterocycles. The van der Waals surface area contributed by atoms with Crippen LogP contribution in [0.1, 0.15) is 38.4 Å². The molecular weight excluding hydrogens is 559 g/mol. The monoisotopic (exact) mass is 587 g/mol. The highest BCUT2D eigenvalue weighted by molar-refractivity contribution is 5.98. The zero-order chi connectivity index (χ0) is 29.8. The van der Waals surface area contributed by atoms with Crippen molar-refractivity contribution in [1.82, 2.24) is 25.8 Å². The molecule has 0 bridgehead atoms. The van der Waals surface area contributed by atoms with Crippen molar-refractivity contribution >= 4 is 23.7 Å². The number of nitrogens with two attached hydrogens (primary N) is 2. The molecule has 2 amide bonds. The molecule has 0 radical (unpaired) electrons. The Balaban J connectivity index is 1.19. The standard InChI is InChI=1S/C26H28F3N9O4/c27-26(28,29)13-6-7-15(32-9-13)22(41)33-10-16-19-25(37-23(30)36-19)20(39)17(11-38(25)24(31)35-16)34-21(40)14-5-1-3-12-4-2-8-42-18(12)14/h1,3,5-7,9,16-17,19-20,39H,2,4,8,10-11H2,(H2,31,35)(H,33,41)(H,34,40)(H3,30,36,37)/t16-,17?,19-,20+,25-/m0/s1.